The second-order valence-electron chi connectivity index (χ2n) is 3.67. The van der Waals surface area contributed by atoms with E-state index < -0.39 is 10.0 Å². The first-order valence-electron chi connectivity index (χ1n) is 5.65. The van der Waals surface area contributed by atoms with Crippen LogP contribution in [0.2, 0.25) is 10.0 Å². The Bertz CT molecular complexity index is 538. The largest absolute Gasteiger partial charge is 0.495 e. The Morgan fingerprint density at radius 2 is 1.85 bits per heavy atom. The summed E-state index contributed by atoms with van der Waals surface area (Å²) in [5, 5.41) is 3.27. The molecule has 1 rings (SSSR count). The van der Waals surface area contributed by atoms with Gasteiger partial charge in [0.05, 0.1) is 17.2 Å². The third-order valence-corrected chi connectivity index (χ3v) is 4.56. The highest BCUT2D eigenvalue weighted by molar-refractivity contribution is 7.89. The molecular formula is C11H17Cl3N2O3S. The number of hydrogen-bond acceptors (Lipinski definition) is 4. The van der Waals surface area contributed by atoms with Gasteiger partial charge in [-0.15, -0.1) is 12.4 Å². The fourth-order valence-corrected chi connectivity index (χ4v) is 3.28. The van der Waals surface area contributed by atoms with Gasteiger partial charge in [0.1, 0.15) is 10.6 Å². The molecule has 0 atom stereocenters. The molecule has 0 amide bonds. The molecule has 116 valence electrons. The van der Waals surface area contributed by atoms with E-state index in [4.69, 9.17) is 27.9 Å². The second kappa shape index (κ2) is 8.92. The lowest BCUT2D eigenvalue weighted by Crippen LogP contribution is -2.31. The summed E-state index contributed by atoms with van der Waals surface area (Å²) in [5.74, 6) is 0.332. The first-order valence-corrected chi connectivity index (χ1v) is 7.89. The Balaban J connectivity index is 0.00000361. The summed E-state index contributed by atoms with van der Waals surface area (Å²) in [6, 6.07) is 2.65. The molecule has 0 aromatic heterocycles. The van der Waals surface area contributed by atoms with Gasteiger partial charge in [0.15, 0.2) is 0 Å². The molecule has 0 bridgehead atoms. The summed E-state index contributed by atoms with van der Waals surface area (Å²) in [5.41, 5.74) is 0. The van der Waals surface area contributed by atoms with Crippen LogP contribution in [0, 0.1) is 0 Å². The molecule has 0 radical (unpaired) electrons. The van der Waals surface area contributed by atoms with E-state index in [1.54, 1.807) is 0 Å². The van der Waals surface area contributed by atoms with Crippen LogP contribution in [0.1, 0.15) is 6.92 Å². The Hall–Kier alpha value is -0.240. The maximum absolute atomic E-state index is 12.0. The van der Waals surface area contributed by atoms with Crippen molar-refractivity contribution in [1.82, 2.24) is 10.0 Å². The molecule has 0 aliphatic rings. The smallest absolute Gasteiger partial charge is 0.242 e. The van der Waals surface area contributed by atoms with Crippen LogP contribution in [0.25, 0.3) is 0 Å². The van der Waals surface area contributed by atoms with Crippen LogP contribution in [0.4, 0.5) is 0 Å². The second-order valence-corrected chi connectivity index (χ2v) is 6.22. The van der Waals surface area contributed by atoms with Crippen molar-refractivity contribution in [3.8, 4) is 5.75 Å². The van der Waals surface area contributed by atoms with E-state index in [9.17, 15) is 8.42 Å². The number of hydrogen-bond donors (Lipinski definition) is 2. The first-order chi connectivity index (χ1) is 8.92. The Labute approximate surface area is 135 Å². The van der Waals surface area contributed by atoms with Crippen molar-refractivity contribution in [2.45, 2.75) is 11.8 Å². The molecular weight excluding hydrogens is 347 g/mol. The quantitative estimate of drug-likeness (QED) is 0.730. The van der Waals surface area contributed by atoms with Crippen LogP contribution in [0.15, 0.2) is 17.0 Å². The van der Waals surface area contributed by atoms with Crippen LogP contribution < -0.4 is 14.8 Å². The monoisotopic (exact) mass is 362 g/mol. The van der Waals surface area contributed by atoms with E-state index in [0.717, 1.165) is 6.54 Å². The van der Waals surface area contributed by atoms with Crippen molar-refractivity contribution < 1.29 is 13.2 Å². The molecule has 0 fully saturated rings. The number of likely N-dealkylation sites (N-methyl/N-ethyl adjacent to an activating group) is 1. The van der Waals surface area contributed by atoms with Gasteiger partial charge in [-0.2, -0.15) is 0 Å². The summed E-state index contributed by atoms with van der Waals surface area (Å²) >= 11 is 11.8. The number of methoxy groups -OCH3 is 1. The maximum atomic E-state index is 12.0. The van der Waals surface area contributed by atoms with Crippen molar-refractivity contribution >= 4 is 45.6 Å². The minimum Gasteiger partial charge on any atom is -0.495 e. The van der Waals surface area contributed by atoms with E-state index in [2.05, 4.69) is 10.0 Å². The molecule has 1 aromatic rings. The van der Waals surface area contributed by atoms with Gasteiger partial charge in [0, 0.05) is 19.2 Å². The lowest BCUT2D eigenvalue weighted by Gasteiger charge is -2.11. The van der Waals surface area contributed by atoms with Crippen LogP contribution in [-0.4, -0.2) is 35.2 Å². The zero-order valence-electron chi connectivity index (χ0n) is 11.1. The Morgan fingerprint density at radius 1 is 1.20 bits per heavy atom. The van der Waals surface area contributed by atoms with Crippen molar-refractivity contribution in [2.75, 3.05) is 26.7 Å². The van der Waals surface area contributed by atoms with E-state index >= 15 is 0 Å². The normalized spacial score (nSPS) is 11.0. The molecule has 0 spiro atoms. The zero-order chi connectivity index (χ0) is 14.5. The highest BCUT2D eigenvalue weighted by Crippen LogP contribution is 2.33. The average molecular weight is 364 g/mol. The van der Waals surface area contributed by atoms with Crippen LogP contribution in [0.5, 0.6) is 5.75 Å². The average Bonchev–Trinajstić information content (AvgIpc) is 2.36. The van der Waals surface area contributed by atoms with E-state index in [0.29, 0.717) is 12.3 Å². The number of benzene rings is 1. The van der Waals surface area contributed by atoms with Crippen molar-refractivity contribution in [3.63, 3.8) is 0 Å². The van der Waals surface area contributed by atoms with E-state index in [1.165, 1.54) is 19.2 Å². The number of rotatable bonds is 7. The summed E-state index contributed by atoms with van der Waals surface area (Å²) in [4.78, 5) is -0.0588. The minimum atomic E-state index is -3.68. The predicted molar refractivity (Wildman–Crippen MR) is 84.0 cm³/mol. The Morgan fingerprint density at radius 3 is 2.40 bits per heavy atom. The first kappa shape index (κ1) is 19.8. The van der Waals surface area contributed by atoms with Crippen LogP contribution in [0.3, 0.4) is 0 Å². The lowest BCUT2D eigenvalue weighted by atomic mass is 10.3. The van der Waals surface area contributed by atoms with E-state index in [1.807, 2.05) is 6.92 Å². The third kappa shape index (κ3) is 5.27. The van der Waals surface area contributed by atoms with E-state index in [-0.39, 0.29) is 33.9 Å². The molecule has 0 aliphatic carbocycles. The molecule has 0 saturated heterocycles. The SMILES string of the molecule is CCNCCNS(=O)(=O)c1cc(Cl)c(OC)cc1Cl.Cl. The van der Waals surface area contributed by atoms with Crippen molar-refractivity contribution in [3.05, 3.63) is 22.2 Å². The molecule has 5 nitrogen and oxygen atoms in total. The van der Waals surface area contributed by atoms with Gasteiger partial charge in [-0.3, -0.25) is 0 Å². The number of sulfonamides is 1. The Kier molecular flexibility index (Phi) is 8.81. The van der Waals surface area contributed by atoms with Crippen molar-refractivity contribution in [1.29, 1.82) is 0 Å². The molecule has 0 aliphatic heterocycles. The van der Waals surface area contributed by atoms with Gasteiger partial charge in [0.2, 0.25) is 10.0 Å². The van der Waals surface area contributed by atoms with Gasteiger partial charge in [-0.05, 0) is 12.6 Å². The van der Waals surface area contributed by atoms with Crippen molar-refractivity contribution in [2.24, 2.45) is 0 Å². The number of halogens is 3. The van der Waals surface area contributed by atoms with Gasteiger partial charge in [-0.25, -0.2) is 13.1 Å². The fraction of sp³-hybridized carbons (Fsp3) is 0.455. The zero-order valence-corrected chi connectivity index (χ0v) is 14.2. The topological polar surface area (TPSA) is 67.4 Å². The summed E-state index contributed by atoms with van der Waals surface area (Å²) < 4.78 is 31.5. The molecule has 0 saturated carbocycles. The fourth-order valence-electron chi connectivity index (χ4n) is 1.40. The number of ether oxygens (including phenoxy) is 1. The van der Waals surface area contributed by atoms with Gasteiger partial charge in [-0.1, -0.05) is 30.1 Å². The molecule has 0 heterocycles. The van der Waals surface area contributed by atoms with Gasteiger partial charge < -0.3 is 10.1 Å². The minimum absolute atomic E-state index is 0. The lowest BCUT2D eigenvalue weighted by molar-refractivity contribution is 0.414. The molecule has 2 N–H and O–H groups in total. The highest BCUT2D eigenvalue weighted by atomic mass is 35.5. The molecule has 9 heteroatoms. The predicted octanol–water partition coefficient (Wildman–Crippen LogP) is 2.31. The molecule has 0 unspecified atom stereocenters. The highest BCUT2D eigenvalue weighted by Gasteiger charge is 2.19. The van der Waals surface area contributed by atoms with Gasteiger partial charge in [0.25, 0.3) is 0 Å². The van der Waals surface area contributed by atoms with Gasteiger partial charge >= 0.3 is 0 Å². The van der Waals surface area contributed by atoms with Crippen LogP contribution >= 0.6 is 35.6 Å². The standard InChI is InChI=1S/C11H16Cl2N2O3S.ClH/c1-3-14-4-5-15-19(16,17)11-7-8(12)10(18-2)6-9(11)13;/h6-7,14-15H,3-5H2,1-2H3;1H. The number of nitrogens with one attached hydrogen (secondary N) is 2. The molecule has 1 aromatic carbocycles. The third-order valence-electron chi connectivity index (χ3n) is 2.34. The summed E-state index contributed by atoms with van der Waals surface area (Å²) in [7, 11) is -2.25. The maximum Gasteiger partial charge on any atom is 0.242 e. The van der Waals surface area contributed by atoms with Crippen LogP contribution in [-0.2, 0) is 10.0 Å². The summed E-state index contributed by atoms with van der Waals surface area (Å²) in [6.45, 7) is 3.53. The molecule has 20 heavy (non-hydrogen) atoms. The summed E-state index contributed by atoms with van der Waals surface area (Å²) in [6.07, 6.45) is 0.